The number of hydrogen-bond acceptors (Lipinski definition) is 2. The van der Waals surface area contributed by atoms with Crippen LogP contribution in [0.3, 0.4) is 0 Å². The first-order valence-corrected chi connectivity index (χ1v) is 18.8. The van der Waals surface area contributed by atoms with Crippen molar-refractivity contribution < 1.29 is 8.83 Å². The highest BCUT2D eigenvalue weighted by atomic mass is 16.3. The number of benzene rings is 9. The van der Waals surface area contributed by atoms with Gasteiger partial charge in [0.05, 0.1) is 16.4 Å². The lowest BCUT2D eigenvalue weighted by Gasteiger charge is -2.18. The molecule has 3 heterocycles. The molecule has 3 aromatic heterocycles. The molecule has 0 fully saturated rings. The molecule has 0 aliphatic carbocycles. The van der Waals surface area contributed by atoms with Gasteiger partial charge in [0, 0.05) is 32.8 Å². The summed E-state index contributed by atoms with van der Waals surface area (Å²) in [6.45, 7) is 0. The maximum Gasteiger partial charge on any atom is 0.147 e. The summed E-state index contributed by atoms with van der Waals surface area (Å²) in [6.07, 6.45) is 0. The van der Waals surface area contributed by atoms with Crippen LogP contribution in [0.25, 0.3) is 116 Å². The minimum Gasteiger partial charge on any atom is -0.456 e. The van der Waals surface area contributed by atoms with E-state index in [-0.39, 0.29) is 0 Å². The molecule has 12 rings (SSSR count). The second kappa shape index (κ2) is 11.6. The summed E-state index contributed by atoms with van der Waals surface area (Å²) in [5.74, 6) is 0.836. The highest BCUT2D eigenvalue weighted by Crippen LogP contribution is 2.49. The van der Waals surface area contributed by atoms with Crippen molar-refractivity contribution in [2.75, 3.05) is 0 Å². The van der Waals surface area contributed by atoms with E-state index in [2.05, 4.69) is 174 Å². The smallest absolute Gasteiger partial charge is 0.147 e. The Morgan fingerprint density at radius 2 is 0.927 bits per heavy atom. The summed E-state index contributed by atoms with van der Waals surface area (Å²) < 4.78 is 15.8. The van der Waals surface area contributed by atoms with Crippen LogP contribution in [0, 0.1) is 0 Å². The Morgan fingerprint density at radius 3 is 1.65 bits per heavy atom. The second-order valence-electron chi connectivity index (χ2n) is 14.4. The van der Waals surface area contributed by atoms with Crippen molar-refractivity contribution >= 4 is 76.3 Å². The van der Waals surface area contributed by atoms with Crippen molar-refractivity contribution in [3.8, 4) is 39.3 Å². The Morgan fingerprint density at radius 1 is 0.345 bits per heavy atom. The zero-order chi connectivity index (χ0) is 36.0. The first-order chi connectivity index (χ1) is 27.3. The molecule has 0 saturated carbocycles. The van der Waals surface area contributed by atoms with E-state index in [0.717, 1.165) is 55.5 Å². The number of furan rings is 2. The first-order valence-electron chi connectivity index (χ1n) is 18.8. The van der Waals surface area contributed by atoms with Crippen LogP contribution in [0.15, 0.2) is 197 Å². The van der Waals surface area contributed by atoms with Crippen molar-refractivity contribution in [1.82, 2.24) is 4.57 Å². The second-order valence-corrected chi connectivity index (χ2v) is 14.4. The summed E-state index contributed by atoms with van der Waals surface area (Å²) in [5.41, 5.74) is 11.8. The SMILES string of the molecule is c1ccc(-c2cc3c(-c4c5ccccc5c(-c5ccc6c(c5)c5ccccc5n6-c5ccccc5)c5ccccc45)cc4oc5ccccc5c4c3o2)cc1. The molecule has 0 spiro atoms. The number of fused-ring (bicyclic) bond motifs is 10. The molecule has 0 N–H and O–H groups in total. The molecule has 0 aliphatic heterocycles. The highest BCUT2D eigenvalue weighted by Gasteiger charge is 2.24. The largest absolute Gasteiger partial charge is 0.456 e. The van der Waals surface area contributed by atoms with Gasteiger partial charge in [-0.2, -0.15) is 0 Å². The predicted octanol–water partition coefficient (Wildman–Crippen LogP) is 14.7. The lowest BCUT2D eigenvalue weighted by Crippen LogP contribution is -1.93. The van der Waals surface area contributed by atoms with Crippen LogP contribution in [0.4, 0.5) is 0 Å². The van der Waals surface area contributed by atoms with Gasteiger partial charge < -0.3 is 13.4 Å². The molecule has 0 amide bonds. The van der Waals surface area contributed by atoms with E-state index in [1.54, 1.807) is 0 Å². The summed E-state index contributed by atoms with van der Waals surface area (Å²) in [7, 11) is 0. The van der Waals surface area contributed by atoms with Crippen LogP contribution in [0.1, 0.15) is 0 Å². The molecule has 3 nitrogen and oxygen atoms in total. The molecule has 0 aliphatic rings. The monoisotopic (exact) mass is 701 g/mol. The quantitative estimate of drug-likeness (QED) is 0.171. The van der Waals surface area contributed by atoms with Gasteiger partial charge in [-0.3, -0.25) is 0 Å². The van der Waals surface area contributed by atoms with Gasteiger partial charge in [-0.05, 0) is 92.3 Å². The van der Waals surface area contributed by atoms with Crippen LogP contribution in [-0.4, -0.2) is 4.57 Å². The first kappa shape index (κ1) is 30.1. The lowest BCUT2D eigenvalue weighted by molar-refractivity contribution is 0.633. The van der Waals surface area contributed by atoms with Gasteiger partial charge in [-0.25, -0.2) is 0 Å². The topological polar surface area (TPSA) is 31.2 Å². The van der Waals surface area contributed by atoms with Gasteiger partial charge in [-0.1, -0.05) is 140 Å². The van der Waals surface area contributed by atoms with Crippen LogP contribution in [0.2, 0.25) is 0 Å². The van der Waals surface area contributed by atoms with E-state index in [9.17, 15) is 0 Å². The summed E-state index contributed by atoms with van der Waals surface area (Å²) >= 11 is 0. The standard InChI is InChI=1S/C52H31NO2/c1-3-15-32(16-4-1)47-31-43-42(30-48-51(52(43)55-47)40-24-12-14-26-46(40)54-48)50-38-22-9-7-20-36(38)49(37-21-8-10-23-39(37)50)33-27-28-45-41(29-33)35-19-11-13-25-44(35)53(45)34-17-5-2-6-18-34/h1-31H. The number of hydrogen-bond donors (Lipinski definition) is 0. The molecular formula is C52H31NO2. The molecule has 9 aromatic carbocycles. The predicted molar refractivity (Wildman–Crippen MR) is 229 cm³/mol. The molecule has 0 atom stereocenters. The molecular weight excluding hydrogens is 671 g/mol. The van der Waals surface area contributed by atoms with Gasteiger partial charge in [-0.15, -0.1) is 0 Å². The van der Waals surface area contributed by atoms with Gasteiger partial charge in [0.25, 0.3) is 0 Å². The summed E-state index contributed by atoms with van der Waals surface area (Å²) in [6, 6.07) is 67.2. The number of aromatic nitrogens is 1. The van der Waals surface area contributed by atoms with Gasteiger partial charge in [0.2, 0.25) is 0 Å². The van der Waals surface area contributed by atoms with E-state index in [1.165, 1.54) is 60.0 Å². The lowest BCUT2D eigenvalue weighted by atomic mass is 9.84. The Balaban J connectivity index is 1.18. The third-order valence-electron chi connectivity index (χ3n) is 11.4. The van der Waals surface area contributed by atoms with Gasteiger partial charge in [0.15, 0.2) is 0 Å². The van der Waals surface area contributed by atoms with Crippen molar-refractivity contribution in [3.63, 3.8) is 0 Å². The normalized spacial score (nSPS) is 12.0. The number of rotatable bonds is 4. The zero-order valence-corrected chi connectivity index (χ0v) is 29.7. The Hall–Kier alpha value is -7.36. The van der Waals surface area contributed by atoms with Crippen molar-refractivity contribution in [2.24, 2.45) is 0 Å². The molecule has 0 radical (unpaired) electrons. The van der Waals surface area contributed by atoms with Gasteiger partial charge >= 0.3 is 0 Å². The average Bonchev–Trinajstić information content (AvgIpc) is 3.95. The van der Waals surface area contributed by atoms with E-state index >= 15 is 0 Å². The fourth-order valence-electron chi connectivity index (χ4n) is 9.05. The minimum absolute atomic E-state index is 0.815. The molecule has 55 heavy (non-hydrogen) atoms. The van der Waals surface area contributed by atoms with Crippen LogP contribution in [-0.2, 0) is 0 Å². The molecule has 256 valence electrons. The number of para-hydroxylation sites is 3. The third kappa shape index (κ3) is 4.38. The van der Waals surface area contributed by atoms with E-state index in [4.69, 9.17) is 8.83 Å². The molecule has 0 unspecified atom stereocenters. The number of nitrogens with zero attached hydrogens (tertiary/aromatic N) is 1. The van der Waals surface area contributed by atoms with E-state index in [0.29, 0.717) is 0 Å². The van der Waals surface area contributed by atoms with Crippen molar-refractivity contribution in [1.29, 1.82) is 0 Å². The van der Waals surface area contributed by atoms with Crippen molar-refractivity contribution in [3.05, 3.63) is 188 Å². The van der Waals surface area contributed by atoms with Crippen LogP contribution >= 0.6 is 0 Å². The Bertz CT molecular complexity index is 3420. The van der Waals surface area contributed by atoms with Crippen LogP contribution < -0.4 is 0 Å². The summed E-state index contributed by atoms with van der Waals surface area (Å²) in [4.78, 5) is 0. The molecule has 3 heteroatoms. The molecule has 0 saturated heterocycles. The summed E-state index contributed by atoms with van der Waals surface area (Å²) in [5, 5.41) is 10.4. The Kier molecular flexibility index (Phi) is 6.34. The Labute approximate surface area is 315 Å². The maximum absolute atomic E-state index is 6.86. The van der Waals surface area contributed by atoms with Crippen molar-refractivity contribution in [2.45, 2.75) is 0 Å². The minimum atomic E-state index is 0.815. The fraction of sp³-hybridized carbons (Fsp3) is 0. The molecule has 12 aromatic rings. The molecule has 0 bridgehead atoms. The third-order valence-corrected chi connectivity index (χ3v) is 11.4. The fourth-order valence-corrected chi connectivity index (χ4v) is 9.05. The average molecular weight is 702 g/mol. The van der Waals surface area contributed by atoms with E-state index in [1.807, 2.05) is 18.2 Å². The highest BCUT2D eigenvalue weighted by molar-refractivity contribution is 6.27. The maximum atomic E-state index is 6.86. The zero-order valence-electron chi connectivity index (χ0n) is 29.7. The van der Waals surface area contributed by atoms with Gasteiger partial charge in [0.1, 0.15) is 22.5 Å². The van der Waals surface area contributed by atoms with E-state index < -0.39 is 0 Å². The van der Waals surface area contributed by atoms with Crippen LogP contribution in [0.5, 0.6) is 0 Å².